The number of thioether (sulfide) groups is 1. The van der Waals surface area contributed by atoms with Crippen LogP contribution in [0.2, 0.25) is 0 Å². The Morgan fingerprint density at radius 2 is 2.00 bits per heavy atom. The molecule has 1 aromatic heterocycles. The van der Waals surface area contributed by atoms with Gasteiger partial charge >= 0.3 is 6.09 Å². The van der Waals surface area contributed by atoms with Crippen LogP contribution in [0.5, 0.6) is 0 Å². The predicted octanol–water partition coefficient (Wildman–Crippen LogP) is 3.07. The molecule has 2 aliphatic rings. The lowest BCUT2D eigenvalue weighted by atomic mass is 9.91. The molecule has 1 aromatic carbocycles. The molecule has 0 saturated carbocycles. The second kappa shape index (κ2) is 8.30. The number of amidine groups is 1. The van der Waals surface area contributed by atoms with Crippen molar-refractivity contribution in [2.75, 3.05) is 19.6 Å². The van der Waals surface area contributed by atoms with Crippen LogP contribution in [0.15, 0.2) is 53.9 Å². The van der Waals surface area contributed by atoms with Gasteiger partial charge in [-0.05, 0) is 32.9 Å². The van der Waals surface area contributed by atoms with E-state index in [-0.39, 0.29) is 17.9 Å². The second-order valence-electron chi connectivity index (χ2n) is 8.61. The summed E-state index contributed by atoms with van der Waals surface area (Å²) in [5.41, 5.74) is 0.740. The van der Waals surface area contributed by atoms with Crippen molar-refractivity contribution in [1.82, 2.24) is 20.2 Å². The van der Waals surface area contributed by atoms with Gasteiger partial charge in [0.15, 0.2) is 5.17 Å². The molecule has 0 bridgehead atoms. The Kier molecular flexibility index (Phi) is 5.70. The van der Waals surface area contributed by atoms with Gasteiger partial charge in [-0.2, -0.15) is 0 Å². The average molecular weight is 440 g/mol. The van der Waals surface area contributed by atoms with Crippen molar-refractivity contribution >= 4 is 28.9 Å². The molecule has 0 radical (unpaired) electrons. The Bertz CT molecular complexity index is 993. The number of hydrogen-bond donors (Lipinski definition) is 1. The minimum Gasteiger partial charge on any atom is -0.444 e. The van der Waals surface area contributed by atoms with Crippen LogP contribution in [-0.4, -0.2) is 57.3 Å². The first-order valence-electron chi connectivity index (χ1n) is 10.1. The van der Waals surface area contributed by atoms with Gasteiger partial charge in [0.1, 0.15) is 5.60 Å². The van der Waals surface area contributed by atoms with Crippen LogP contribution in [0.1, 0.15) is 36.8 Å². The number of carbonyl (C=O) groups is 2. The van der Waals surface area contributed by atoms with Crippen LogP contribution in [0, 0.1) is 5.92 Å². The van der Waals surface area contributed by atoms with E-state index in [1.807, 2.05) is 39.0 Å². The van der Waals surface area contributed by atoms with Crippen LogP contribution < -0.4 is 5.32 Å². The quantitative estimate of drug-likeness (QED) is 0.773. The van der Waals surface area contributed by atoms with E-state index in [0.717, 1.165) is 5.69 Å². The SMILES string of the molecule is CC(C)(C)OC(=O)N1CC2CN=C(NC(=O)c3ccccc3)SC2(c2cnccn2)C1. The normalized spacial score (nSPS) is 23.0. The summed E-state index contributed by atoms with van der Waals surface area (Å²) in [4.78, 5) is 40.5. The third kappa shape index (κ3) is 4.56. The van der Waals surface area contributed by atoms with Crippen molar-refractivity contribution < 1.29 is 14.3 Å². The van der Waals surface area contributed by atoms with Gasteiger partial charge < -0.3 is 15.0 Å². The third-order valence-electron chi connectivity index (χ3n) is 5.16. The lowest BCUT2D eigenvalue weighted by Crippen LogP contribution is -2.43. The van der Waals surface area contributed by atoms with E-state index in [0.29, 0.717) is 30.4 Å². The first-order chi connectivity index (χ1) is 14.8. The molecule has 1 saturated heterocycles. The van der Waals surface area contributed by atoms with Crippen molar-refractivity contribution in [2.24, 2.45) is 10.9 Å². The van der Waals surface area contributed by atoms with Crippen molar-refractivity contribution in [3.05, 3.63) is 60.2 Å². The highest BCUT2D eigenvalue weighted by Crippen LogP contribution is 2.50. The molecule has 31 heavy (non-hydrogen) atoms. The first-order valence-corrected chi connectivity index (χ1v) is 10.9. The first kappa shape index (κ1) is 21.3. The number of aliphatic imine (C=N–C) groups is 1. The van der Waals surface area contributed by atoms with Gasteiger partial charge in [-0.25, -0.2) is 4.79 Å². The topological polar surface area (TPSA) is 96.8 Å². The Morgan fingerprint density at radius 1 is 1.23 bits per heavy atom. The maximum absolute atomic E-state index is 12.8. The Balaban J connectivity index is 1.59. The largest absolute Gasteiger partial charge is 0.444 e. The van der Waals surface area contributed by atoms with Crippen molar-refractivity contribution in [3.63, 3.8) is 0 Å². The number of carbonyl (C=O) groups excluding carboxylic acids is 2. The molecule has 0 spiro atoms. The molecule has 1 N–H and O–H groups in total. The van der Waals surface area contributed by atoms with Crippen molar-refractivity contribution in [2.45, 2.75) is 31.1 Å². The van der Waals surface area contributed by atoms with E-state index < -0.39 is 10.3 Å². The number of aromatic nitrogens is 2. The van der Waals surface area contributed by atoms with Gasteiger partial charge in [0, 0.05) is 49.7 Å². The van der Waals surface area contributed by atoms with E-state index in [1.54, 1.807) is 35.6 Å². The summed E-state index contributed by atoms with van der Waals surface area (Å²) >= 11 is 1.43. The predicted molar refractivity (Wildman–Crippen MR) is 119 cm³/mol. The average Bonchev–Trinajstić information content (AvgIpc) is 3.14. The zero-order valence-electron chi connectivity index (χ0n) is 17.7. The van der Waals surface area contributed by atoms with Crippen LogP contribution >= 0.6 is 11.8 Å². The van der Waals surface area contributed by atoms with E-state index in [4.69, 9.17) is 4.74 Å². The maximum atomic E-state index is 12.8. The summed E-state index contributed by atoms with van der Waals surface area (Å²) in [5, 5.41) is 3.43. The van der Waals surface area contributed by atoms with Gasteiger partial charge in [-0.3, -0.25) is 19.8 Å². The number of ether oxygens (including phenoxy) is 1. The summed E-state index contributed by atoms with van der Waals surface area (Å²) in [6.07, 6.45) is 4.63. The minimum absolute atomic E-state index is 0.0269. The van der Waals surface area contributed by atoms with E-state index in [1.165, 1.54) is 11.8 Å². The Morgan fingerprint density at radius 3 is 2.68 bits per heavy atom. The monoisotopic (exact) mass is 439 g/mol. The van der Waals surface area contributed by atoms with Gasteiger partial charge in [-0.1, -0.05) is 30.0 Å². The zero-order chi connectivity index (χ0) is 22.1. The van der Waals surface area contributed by atoms with Crippen molar-refractivity contribution in [3.8, 4) is 0 Å². The highest BCUT2D eigenvalue weighted by molar-refractivity contribution is 8.14. The number of amides is 2. The molecule has 2 unspecified atom stereocenters. The maximum Gasteiger partial charge on any atom is 0.410 e. The second-order valence-corrected chi connectivity index (χ2v) is 9.93. The summed E-state index contributed by atoms with van der Waals surface area (Å²) in [6, 6.07) is 9.00. The minimum atomic E-state index is -0.580. The molecule has 4 rings (SSSR count). The summed E-state index contributed by atoms with van der Waals surface area (Å²) in [7, 11) is 0. The lowest BCUT2D eigenvalue weighted by molar-refractivity contribution is 0.0286. The zero-order valence-corrected chi connectivity index (χ0v) is 18.6. The van der Waals surface area contributed by atoms with Gasteiger partial charge in [0.2, 0.25) is 0 Å². The summed E-state index contributed by atoms with van der Waals surface area (Å²) < 4.78 is 5.03. The third-order valence-corrected chi connectivity index (χ3v) is 6.63. The number of rotatable bonds is 2. The number of fused-ring (bicyclic) bond motifs is 1. The van der Waals surface area contributed by atoms with Gasteiger partial charge in [-0.15, -0.1) is 0 Å². The van der Waals surface area contributed by atoms with Gasteiger partial charge in [0.05, 0.1) is 10.4 Å². The van der Waals surface area contributed by atoms with E-state index >= 15 is 0 Å². The standard InChI is InChI=1S/C22H25N5O3S/c1-21(2,3)30-20(29)27-13-16-11-25-19(26-18(28)15-7-5-4-6-8-15)31-22(16,14-27)17-12-23-9-10-24-17/h4-10,12,16H,11,13-14H2,1-3H3,(H,25,26,28). The molecule has 9 heteroatoms. The van der Waals surface area contributed by atoms with Crippen LogP contribution in [0.4, 0.5) is 4.79 Å². The smallest absolute Gasteiger partial charge is 0.410 e. The van der Waals surface area contributed by atoms with Crippen molar-refractivity contribution in [1.29, 1.82) is 0 Å². The molecule has 8 nitrogen and oxygen atoms in total. The molecule has 2 aliphatic heterocycles. The molecular formula is C22H25N5O3S. The fourth-order valence-corrected chi connectivity index (χ4v) is 5.13. The fourth-order valence-electron chi connectivity index (χ4n) is 3.76. The molecule has 3 heterocycles. The van der Waals surface area contributed by atoms with E-state index in [9.17, 15) is 9.59 Å². The number of likely N-dealkylation sites (tertiary alicyclic amines) is 1. The molecular weight excluding hydrogens is 414 g/mol. The molecule has 2 amide bonds. The Hall–Kier alpha value is -2.94. The highest BCUT2D eigenvalue weighted by Gasteiger charge is 2.54. The number of benzene rings is 1. The highest BCUT2D eigenvalue weighted by atomic mass is 32.2. The van der Waals surface area contributed by atoms with Gasteiger partial charge in [0.25, 0.3) is 5.91 Å². The van der Waals surface area contributed by atoms with E-state index in [2.05, 4.69) is 20.3 Å². The van der Waals surface area contributed by atoms with Crippen LogP contribution in [0.3, 0.4) is 0 Å². The van der Waals surface area contributed by atoms with Crippen LogP contribution in [-0.2, 0) is 9.48 Å². The lowest BCUT2D eigenvalue weighted by Gasteiger charge is -2.35. The molecule has 162 valence electrons. The summed E-state index contributed by atoms with van der Waals surface area (Å²) in [6.45, 7) is 6.91. The molecule has 1 fully saturated rings. The number of hydrogen-bond acceptors (Lipinski definition) is 7. The fraction of sp³-hybridized carbons (Fsp3) is 0.409. The molecule has 0 aliphatic carbocycles. The molecule has 2 aromatic rings. The Labute approximate surface area is 185 Å². The van der Waals surface area contributed by atoms with Crippen LogP contribution in [0.25, 0.3) is 0 Å². The number of nitrogens with one attached hydrogen (secondary N) is 1. The number of nitrogens with zero attached hydrogens (tertiary/aromatic N) is 4. The summed E-state index contributed by atoms with van der Waals surface area (Å²) in [5.74, 6) is -0.194. The molecule has 2 atom stereocenters.